The molecule has 1 aromatic rings. The van der Waals surface area contributed by atoms with Crippen LogP contribution in [-0.2, 0) is 4.74 Å². The van der Waals surface area contributed by atoms with E-state index >= 15 is 0 Å². The van der Waals surface area contributed by atoms with Crippen molar-refractivity contribution in [2.24, 2.45) is 0 Å². The van der Waals surface area contributed by atoms with Crippen LogP contribution in [0.3, 0.4) is 0 Å². The van der Waals surface area contributed by atoms with Gasteiger partial charge in [0.05, 0.1) is 12.2 Å². The molecular formula is C14H21NO. The van der Waals surface area contributed by atoms with Gasteiger partial charge in [0.2, 0.25) is 0 Å². The van der Waals surface area contributed by atoms with Crippen LogP contribution in [0.2, 0.25) is 0 Å². The Morgan fingerprint density at radius 2 is 1.88 bits per heavy atom. The van der Waals surface area contributed by atoms with Gasteiger partial charge in [-0.3, -0.25) is 0 Å². The first-order valence-electron chi connectivity index (χ1n) is 6.25. The van der Waals surface area contributed by atoms with Gasteiger partial charge in [-0.25, -0.2) is 0 Å². The van der Waals surface area contributed by atoms with E-state index in [1.165, 1.54) is 12.0 Å². The van der Waals surface area contributed by atoms with E-state index in [1.807, 2.05) is 12.1 Å². The molecule has 1 heterocycles. The van der Waals surface area contributed by atoms with Gasteiger partial charge in [0, 0.05) is 5.69 Å². The van der Waals surface area contributed by atoms with Crippen LogP contribution in [0.5, 0.6) is 0 Å². The Balaban J connectivity index is 1.97. The van der Waals surface area contributed by atoms with Gasteiger partial charge in [-0.05, 0) is 42.9 Å². The van der Waals surface area contributed by atoms with E-state index in [9.17, 15) is 0 Å². The van der Waals surface area contributed by atoms with Crippen LogP contribution < -0.4 is 5.73 Å². The number of benzene rings is 1. The van der Waals surface area contributed by atoms with Crippen molar-refractivity contribution in [1.29, 1.82) is 0 Å². The molecule has 0 saturated carbocycles. The third-order valence-corrected chi connectivity index (χ3v) is 3.51. The van der Waals surface area contributed by atoms with Gasteiger partial charge >= 0.3 is 0 Å². The normalized spacial score (nSPS) is 25.4. The molecule has 0 amide bonds. The third-order valence-electron chi connectivity index (χ3n) is 3.51. The topological polar surface area (TPSA) is 38.5 Å². The second kappa shape index (κ2) is 4.88. The van der Waals surface area contributed by atoms with Crippen LogP contribution in [0, 0.1) is 0 Å². The summed E-state index contributed by atoms with van der Waals surface area (Å²) < 4.78 is 5.62. The predicted octanol–water partition coefficient (Wildman–Crippen LogP) is 3.33. The van der Waals surface area contributed by atoms with Crippen molar-refractivity contribution in [1.82, 2.24) is 0 Å². The summed E-state index contributed by atoms with van der Waals surface area (Å²) in [4.78, 5) is 0. The molecule has 0 bridgehead atoms. The zero-order valence-corrected chi connectivity index (χ0v) is 10.1. The number of hydrogen-bond acceptors (Lipinski definition) is 2. The molecule has 2 N–H and O–H groups in total. The molecule has 0 aromatic heterocycles. The summed E-state index contributed by atoms with van der Waals surface area (Å²) in [6, 6.07) is 8.27. The Morgan fingerprint density at radius 3 is 2.38 bits per heavy atom. The fourth-order valence-electron chi connectivity index (χ4n) is 2.33. The smallest absolute Gasteiger partial charge is 0.0847 e. The first-order chi connectivity index (χ1) is 7.74. The highest BCUT2D eigenvalue weighted by Crippen LogP contribution is 2.36. The van der Waals surface area contributed by atoms with Crippen molar-refractivity contribution >= 4 is 5.69 Å². The standard InChI is InChI=1S/C14H21NO/c1-3-10(9-14-13(4-2)16-14)11-5-7-12(15)8-6-11/h5-8,10,13-14H,3-4,9,15H2,1-2H3. The Labute approximate surface area is 97.8 Å². The first kappa shape index (κ1) is 11.5. The minimum absolute atomic E-state index is 0.493. The van der Waals surface area contributed by atoms with E-state index in [0.29, 0.717) is 18.1 Å². The summed E-state index contributed by atoms with van der Waals surface area (Å²) in [6.07, 6.45) is 4.47. The lowest BCUT2D eigenvalue weighted by atomic mass is 9.91. The highest BCUT2D eigenvalue weighted by Gasteiger charge is 2.38. The number of epoxide rings is 1. The minimum atomic E-state index is 0.493. The number of hydrogen-bond donors (Lipinski definition) is 1. The predicted molar refractivity (Wildman–Crippen MR) is 67.5 cm³/mol. The number of ether oxygens (including phenoxy) is 1. The quantitative estimate of drug-likeness (QED) is 0.609. The summed E-state index contributed by atoms with van der Waals surface area (Å²) in [5, 5.41) is 0. The third kappa shape index (κ3) is 2.56. The van der Waals surface area contributed by atoms with Crippen LogP contribution in [0.25, 0.3) is 0 Å². The summed E-state index contributed by atoms with van der Waals surface area (Å²) in [7, 11) is 0. The number of nitrogen functional groups attached to an aromatic ring is 1. The van der Waals surface area contributed by atoms with Gasteiger partial charge in [-0.2, -0.15) is 0 Å². The minimum Gasteiger partial charge on any atom is -0.399 e. The van der Waals surface area contributed by atoms with Crippen molar-refractivity contribution < 1.29 is 4.74 Å². The van der Waals surface area contributed by atoms with Gasteiger partial charge in [-0.15, -0.1) is 0 Å². The average Bonchev–Trinajstić information content (AvgIpc) is 3.06. The van der Waals surface area contributed by atoms with Crippen molar-refractivity contribution in [2.75, 3.05) is 5.73 Å². The SMILES string of the molecule is CCC(CC1OC1CC)c1ccc(N)cc1. The van der Waals surface area contributed by atoms with Gasteiger partial charge < -0.3 is 10.5 Å². The Kier molecular flexibility index (Phi) is 3.49. The maximum atomic E-state index is 5.70. The zero-order valence-electron chi connectivity index (χ0n) is 10.1. The summed E-state index contributed by atoms with van der Waals surface area (Å²) in [6.45, 7) is 4.43. The van der Waals surface area contributed by atoms with E-state index in [-0.39, 0.29) is 0 Å². The second-order valence-electron chi connectivity index (χ2n) is 4.63. The fraction of sp³-hybridized carbons (Fsp3) is 0.571. The Morgan fingerprint density at radius 1 is 1.19 bits per heavy atom. The second-order valence-corrected chi connectivity index (χ2v) is 4.63. The molecule has 0 spiro atoms. The van der Waals surface area contributed by atoms with Gasteiger partial charge in [0.25, 0.3) is 0 Å². The number of anilines is 1. The van der Waals surface area contributed by atoms with E-state index in [4.69, 9.17) is 10.5 Å². The van der Waals surface area contributed by atoms with E-state index in [0.717, 1.165) is 18.5 Å². The number of nitrogens with two attached hydrogens (primary N) is 1. The molecule has 2 heteroatoms. The largest absolute Gasteiger partial charge is 0.399 e. The maximum absolute atomic E-state index is 5.70. The van der Waals surface area contributed by atoms with E-state index in [2.05, 4.69) is 26.0 Å². The molecule has 0 radical (unpaired) electrons. The van der Waals surface area contributed by atoms with Gasteiger partial charge in [0.1, 0.15) is 0 Å². The van der Waals surface area contributed by atoms with Crippen LogP contribution in [-0.4, -0.2) is 12.2 Å². The molecule has 1 saturated heterocycles. The zero-order chi connectivity index (χ0) is 11.5. The molecule has 3 unspecified atom stereocenters. The molecule has 1 fully saturated rings. The summed E-state index contributed by atoms with van der Waals surface area (Å²) >= 11 is 0. The molecule has 0 aliphatic carbocycles. The van der Waals surface area contributed by atoms with E-state index < -0.39 is 0 Å². The Hall–Kier alpha value is -1.02. The van der Waals surface area contributed by atoms with Crippen molar-refractivity contribution in [3.63, 3.8) is 0 Å². The van der Waals surface area contributed by atoms with Crippen molar-refractivity contribution in [2.45, 2.75) is 51.2 Å². The van der Waals surface area contributed by atoms with Crippen LogP contribution in [0.4, 0.5) is 5.69 Å². The first-order valence-corrected chi connectivity index (χ1v) is 6.25. The lowest BCUT2D eigenvalue weighted by Crippen LogP contribution is -2.03. The lowest BCUT2D eigenvalue weighted by molar-refractivity contribution is 0.349. The van der Waals surface area contributed by atoms with Gasteiger partial charge in [-0.1, -0.05) is 26.0 Å². The van der Waals surface area contributed by atoms with Crippen LogP contribution in [0.1, 0.15) is 44.6 Å². The van der Waals surface area contributed by atoms with E-state index in [1.54, 1.807) is 0 Å². The highest BCUT2D eigenvalue weighted by molar-refractivity contribution is 5.40. The molecule has 1 aliphatic heterocycles. The number of rotatable bonds is 5. The fourth-order valence-corrected chi connectivity index (χ4v) is 2.33. The molecule has 1 aliphatic rings. The van der Waals surface area contributed by atoms with Crippen molar-refractivity contribution in [3.05, 3.63) is 29.8 Å². The molecular weight excluding hydrogens is 198 g/mol. The summed E-state index contributed by atoms with van der Waals surface area (Å²) in [5.41, 5.74) is 7.93. The highest BCUT2D eigenvalue weighted by atomic mass is 16.6. The Bertz CT molecular complexity index is 333. The summed E-state index contributed by atoms with van der Waals surface area (Å²) in [5.74, 6) is 0.613. The van der Waals surface area contributed by atoms with Gasteiger partial charge in [0.15, 0.2) is 0 Å². The average molecular weight is 219 g/mol. The molecule has 88 valence electrons. The monoisotopic (exact) mass is 219 g/mol. The molecule has 16 heavy (non-hydrogen) atoms. The van der Waals surface area contributed by atoms with Crippen molar-refractivity contribution in [3.8, 4) is 0 Å². The van der Waals surface area contributed by atoms with Crippen LogP contribution >= 0.6 is 0 Å². The van der Waals surface area contributed by atoms with Crippen LogP contribution in [0.15, 0.2) is 24.3 Å². The molecule has 1 aromatic carbocycles. The molecule has 2 nitrogen and oxygen atoms in total. The lowest BCUT2D eigenvalue weighted by Gasteiger charge is -2.14. The molecule has 3 atom stereocenters. The maximum Gasteiger partial charge on any atom is 0.0847 e. The molecule has 2 rings (SSSR count).